The molecular weight excluding hydrogens is 318 g/mol. The lowest BCUT2D eigenvalue weighted by atomic mass is 10.2. The highest BCUT2D eigenvalue weighted by molar-refractivity contribution is 5.63. The molecule has 7 heteroatoms. The minimum absolute atomic E-state index is 0.427. The third-order valence-corrected chi connectivity index (χ3v) is 3.79. The Morgan fingerprint density at radius 2 is 1.76 bits per heavy atom. The molecule has 124 valence electrons. The van der Waals surface area contributed by atoms with Crippen molar-refractivity contribution >= 4 is 0 Å². The van der Waals surface area contributed by atoms with Gasteiger partial charge in [-0.2, -0.15) is 10.1 Å². The van der Waals surface area contributed by atoms with Crippen LogP contribution in [0.1, 0.15) is 0 Å². The monoisotopic (exact) mass is 333 g/mol. The molecule has 7 nitrogen and oxygen atoms in total. The molecule has 0 saturated carbocycles. The number of hydrogen-bond acceptors (Lipinski definition) is 6. The number of nitrogens with zero attached hydrogens (tertiary/aromatic N) is 5. The number of benzene rings is 1. The number of ether oxygens (including phenoxy) is 1. The van der Waals surface area contributed by atoms with Gasteiger partial charge >= 0.3 is 0 Å². The van der Waals surface area contributed by atoms with Crippen LogP contribution in [0.2, 0.25) is 0 Å². The van der Waals surface area contributed by atoms with E-state index in [1.165, 1.54) is 0 Å². The van der Waals surface area contributed by atoms with Crippen LogP contribution in [-0.2, 0) is 7.05 Å². The Kier molecular flexibility index (Phi) is 3.74. The summed E-state index contributed by atoms with van der Waals surface area (Å²) in [7, 11) is 3.50. The van der Waals surface area contributed by atoms with Crippen molar-refractivity contribution in [1.29, 1.82) is 0 Å². The normalized spacial score (nSPS) is 10.8. The molecule has 0 aliphatic rings. The molecule has 0 spiro atoms. The van der Waals surface area contributed by atoms with E-state index < -0.39 is 0 Å². The Bertz CT molecular complexity index is 987. The first-order valence-electron chi connectivity index (χ1n) is 7.66. The topological polar surface area (TPSA) is 78.9 Å². The lowest BCUT2D eigenvalue weighted by Gasteiger charge is -1.99. The second-order valence-corrected chi connectivity index (χ2v) is 5.49. The van der Waals surface area contributed by atoms with E-state index in [1.54, 1.807) is 24.2 Å². The van der Waals surface area contributed by atoms with Crippen molar-refractivity contribution < 1.29 is 9.26 Å². The zero-order valence-electron chi connectivity index (χ0n) is 13.7. The average molecular weight is 333 g/mol. The van der Waals surface area contributed by atoms with Gasteiger partial charge in [0.2, 0.25) is 5.82 Å². The van der Waals surface area contributed by atoms with Crippen molar-refractivity contribution in [3.63, 3.8) is 0 Å². The molecule has 4 aromatic rings. The maximum absolute atomic E-state index is 5.36. The molecule has 0 unspecified atom stereocenters. The molecule has 0 aliphatic heterocycles. The molecule has 1 aromatic carbocycles. The zero-order valence-corrected chi connectivity index (χ0v) is 13.7. The van der Waals surface area contributed by atoms with E-state index in [0.29, 0.717) is 11.7 Å². The van der Waals surface area contributed by atoms with E-state index in [9.17, 15) is 0 Å². The van der Waals surface area contributed by atoms with Crippen molar-refractivity contribution in [3.05, 3.63) is 55.0 Å². The zero-order chi connectivity index (χ0) is 17.2. The van der Waals surface area contributed by atoms with Crippen LogP contribution in [0.3, 0.4) is 0 Å². The fraction of sp³-hybridized carbons (Fsp3) is 0.111. The summed E-state index contributed by atoms with van der Waals surface area (Å²) in [4.78, 5) is 8.88. The minimum atomic E-state index is 0.427. The van der Waals surface area contributed by atoms with Crippen molar-refractivity contribution in [1.82, 2.24) is 24.9 Å². The van der Waals surface area contributed by atoms with E-state index in [0.717, 1.165) is 28.1 Å². The Morgan fingerprint density at radius 3 is 2.40 bits per heavy atom. The predicted octanol–water partition coefficient (Wildman–Crippen LogP) is 3.21. The highest BCUT2D eigenvalue weighted by atomic mass is 16.5. The molecule has 3 heterocycles. The van der Waals surface area contributed by atoms with Gasteiger partial charge in [0.05, 0.1) is 24.6 Å². The number of methoxy groups -OCH3 is 1. The maximum atomic E-state index is 5.36. The van der Waals surface area contributed by atoms with Crippen molar-refractivity contribution in [3.8, 4) is 39.8 Å². The molecule has 0 radical (unpaired) electrons. The molecule has 0 fully saturated rings. The molecule has 0 amide bonds. The van der Waals surface area contributed by atoms with E-state index >= 15 is 0 Å². The fourth-order valence-corrected chi connectivity index (χ4v) is 2.44. The first-order chi connectivity index (χ1) is 12.2. The van der Waals surface area contributed by atoms with Crippen LogP contribution in [0.5, 0.6) is 5.75 Å². The fourth-order valence-electron chi connectivity index (χ4n) is 2.44. The third-order valence-electron chi connectivity index (χ3n) is 3.79. The van der Waals surface area contributed by atoms with Crippen LogP contribution in [0.15, 0.2) is 59.5 Å². The van der Waals surface area contributed by atoms with Gasteiger partial charge in [-0.05, 0) is 36.4 Å². The largest absolute Gasteiger partial charge is 0.497 e. The Morgan fingerprint density at radius 1 is 0.960 bits per heavy atom. The van der Waals surface area contributed by atoms with E-state index in [2.05, 4.69) is 20.2 Å². The second kappa shape index (κ2) is 6.20. The van der Waals surface area contributed by atoms with Crippen LogP contribution >= 0.6 is 0 Å². The first-order valence-corrected chi connectivity index (χ1v) is 7.66. The van der Waals surface area contributed by atoms with Gasteiger partial charge in [0.15, 0.2) is 0 Å². The van der Waals surface area contributed by atoms with E-state index in [-0.39, 0.29) is 0 Å². The molecule has 0 atom stereocenters. The van der Waals surface area contributed by atoms with Gasteiger partial charge in [-0.15, -0.1) is 0 Å². The summed E-state index contributed by atoms with van der Waals surface area (Å²) in [5.74, 6) is 1.73. The van der Waals surface area contributed by atoms with Crippen LogP contribution in [0, 0.1) is 0 Å². The van der Waals surface area contributed by atoms with Gasteiger partial charge in [-0.1, -0.05) is 5.16 Å². The summed E-state index contributed by atoms with van der Waals surface area (Å²) in [5.41, 5.74) is 3.42. The number of pyridine rings is 1. The number of aryl methyl sites for hydroxylation is 1. The molecule has 0 aliphatic carbocycles. The quantitative estimate of drug-likeness (QED) is 0.570. The number of rotatable bonds is 4. The van der Waals surface area contributed by atoms with Crippen molar-refractivity contribution in [2.75, 3.05) is 7.11 Å². The average Bonchev–Trinajstić information content (AvgIpc) is 3.31. The van der Waals surface area contributed by atoms with Crippen molar-refractivity contribution in [2.24, 2.45) is 7.05 Å². The molecule has 0 saturated heterocycles. The van der Waals surface area contributed by atoms with Gasteiger partial charge < -0.3 is 9.26 Å². The number of aromatic nitrogens is 5. The lowest BCUT2D eigenvalue weighted by molar-refractivity contribution is 0.415. The van der Waals surface area contributed by atoms with Gasteiger partial charge in [0, 0.05) is 30.6 Å². The SMILES string of the molecule is COc1ccc(-c2noc(-c3ccc(-c4cnn(C)c4)nc3)n2)cc1. The maximum Gasteiger partial charge on any atom is 0.259 e. The molecule has 25 heavy (non-hydrogen) atoms. The van der Waals surface area contributed by atoms with Crippen LogP contribution in [0.4, 0.5) is 0 Å². The summed E-state index contributed by atoms with van der Waals surface area (Å²) in [6.07, 6.45) is 5.40. The standard InChI is InChI=1S/C18H15N5O2/c1-23-11-14(10-20-23)16-8-5-13(9-19-16)18-21-17(22-25-18)12-3-6-15(24-2)7-4-12/h3-11H,1-2H3. The Hall–Kier alpha value is -3.48. The summed E-state index contributed by atoms with van der Waals surface area (Å²) in [5, 5.41) is 8.18. The lowest BCUT2D eigenvalue weighted by Crippen LogP contribution is -1.86. The minimum Gasteiger partial charge on any atom is -0.497 e. The summed E-state index contributed by atoms with van der Waals surface area (Å²) < 4.78 is 12.3. The Labute approximate surface area is 143 Å². The molecule has 0 N–H and O–H groups in total. The van der Waals surface area contributed by atoms with Gasteiger partial charge in [-0.25, -0.2) is 0 Å². The highest BCUT2D eigenvalue weighted by Crippen LogP contribution is 2.25. The number of hydrogen-bond donors (Lipinski definition) is 0. The van der Waals surface area contributed by atoms with E-state index in [1.807, 2.05) is 49.6 Å². The summed E-state index contributed by atoms with van der Waals surface area (Å²) in [6, 6.07) is 11.3. The molecule has 0 bridgehead atoms. The van der Waals surface area contributed by atoms with Crippen molar-refractivity contribution in [2.45, 2.75) is 0 Å². The summed E-state index contributed by atoms with van der Waals surface area (Å²) >= 11 is 0. The molecule has 4 rings (SSSR count). The van der Waals surface area contributed by atoms with Crippen LogP contribution in [0.25, 0.3) is 34.1 Å². The van der Waals surface area contributed by atoms with Gasteiger partial charge in [0.25, 0.3) is 5.89 Å². The third kappa shape index (κ3) is 2.99. The van der Waals surface area contributed by atoms with Gasteiger partial charge in [0.1, 0.15) is 5.75 Å². The smallest absolute Gasteiger partial charge is 0.259 e. The predicted molar refractivity (Wildman–Crippen MR) is 91.7 cm³/mol. The second-order valence-electron chi connectivity index (χ2n) is 5.49. The highest BCUT2D eigenvalue weighted by Gasteiger charge is 2.12. The van der Waals surface area contributed by atoms with Crippen LogP contribution < -0.4 is 4.74 Å². The van der Waals surface area contributed by atoms with E-state index in [4.69, 9.17) is 9.26 Å². The molecular formula is C18H15N5O2. The van der Waals surface area contributed by atoms with Gasteiger partial charge in [-0.3, -0.25) is 9.67 Å². The first kappa shape index (κ1) is 15.1. The van der Waals surface area contributed by atoms with Crippen LogP contribution in [-0.4, -0.2) is 32.0 Å². The molecule has 3 aromatic heterocycles. The summed E-state index contributed by atoms with van der Waals surface area (Å²) in [6.45, 7) is 0. The Balaban J connectivity index is 1.59.